The number of nitrogens with zero attached hydrogens (tertiary/aromatic N) is 1. The minimum absolute atomic E-state index is 0.189. The predicted molar refractivity (Wildman–Crippen MR) is 111 cm³/mol. The monoisotopic (exact) mass is 422 g/mol. The molecule has 1 amide bonds. The Hall–Kier alpha value is -2.45. The van der Waals surface area contributed by atoms with Crippen LogP contribution in [0.15, 0.2) is 48.5 Å². The van der Waals surface area contributed by atoms with Gasteiger partial charge in [0.15, 0.2) is 0 Å². The topological polar surface area (TPSA) is 75.7 Å². The summed E-state index contributed by atoms with van der Waals surface area (Å²) in [6.07, 6.45) is 2.50. The molecule has 2 aromatic rings. The van der Waals surface area contributed by atoms with Gasteiger partial charge in [0.1, 0.15) is 11.6 Å². The normalized spacial score (nSPS) is 11.4. The van der Waals surface area contributed by atoms with Crippen LogP contribution in [-0.2, 0) is 27.8 Å². The van der Waals surface area contributed by atoms with Gasteiger partial charge in [-0.25, -0.2) is 12.8 Å². The smallest absolute Gasteiger partial charge is 0.235 e. The number of rotatable bonds is 11. The van der Waals surface area contributed by atoms with Gasteiger partial charge in [-0.1, -0.05) is 30.3 Å². The van der Waals surface area contributed by atoms with Gasteiger partial charge >= 0.3 is 0 Å². The molecule has 6 nitrogen and oxygen atoms in total. The Kier molecular flexibility index (Phi) is 8.60. The number of amides is 1. The van der Waals surface area contributed by atoms with Gasteiger partial charge in [0, 0.05) is 18.7 Å². The lowest BCUT2D eigenvalue weighted by Gasteiger charge is -2.20. The Bertz CT molecular complexity index is 901. The number of nitrogens with one attached hydrogen (secondary N) is 1. The van der Waals surface area contributed by atoms with Crippen molar-refractivity contribution in [2.75, 3.05) is 26.0 Å². The molecule has 0 aliphatic carbocycles. The summed E-state index contributed by atoms with van der Waals surface area (Å²) in [5.74, 6) is -0.101. The first-order valence-corrected chi connectivity index (χ1v) is 11.3. The maximum Gasteiger partial charge on any atom is 0.235 e. The molecule has 158 valence electrons. The van der Waals surface area contributed by atoms with Gasteiger partial charge in [-0.3, -0.25) is 4.79 Å². The maximum absolute atomic E-state index is 13.8. The van der Waals surface area contributed by atoms with E-state index in [0.717, 1.165) is 28.3 Å². The number of carbonyl (C=O) groups is 1. The molecule has 0 aliphatic heterocycles. The molecular weight excluding hydrogens is 395 g/mol. The van der Waals surface area contributed by atoms with Crippen molar-refractivity contribution < 1.29 is 22.3 Å². The molecule has 2 aromatic carbocycles. The van der Waals surface area contributed by atoms with Crippen LogP contribution in [0.1, 0.15) is 24.5 Å². The second-order valence-corrected chi connectivity index (χ2v) is 8.64. The molecule has 0 unspecified atom stereocenters. The number of carbonyl (C=O) groups excluding carboxylic acids is 1. The summed E-state index contributed by atoms with van der Waals surface area (Å²) in [5.41, 5.74) is 1.35. The highest BCUT2D eigenvalue weighted by Gasteiger charge is 2.21. The summed E-state index contributed by atoms with van der Waals surface area (Å²) in [4.78, 5) is 12.2. The molecule has 29 heavy (non-hydrogen) atoms. The van der Waals surface area contributed by atoms with Crippen molar-refractivity contribution in [2.24, 2.45) is 0 Å². The third kappa shape index (κ3) is 7.83. The Morgan fingerprint density at radius 1 is 1.14 bits per heavy atom. The van der Waals surface area contributed by atoms with Crippen molar-refractivity contribution in [3.05, 3.63) is 65.5 Å². The molecule has 0 aliphatic rings. The van der Waals surface area contributed by atoms with Gasteiger partial charge in [0.05, 0.1) is 19.4 Å². The third-order valence-corrected chi connectivity index (χ3v) is 5.49. The summed E-state index contributed by atoms with van der Waals surface area (Å²) >= 11 is 0. The van der Waals surface area contributed by atoms with Gasteiger partial charge in [-0.05, 0) is 43.5 Å². The molecule has 0 aromatic heterocycles. The lowest BCUT2D eigenvalue weighted by Crippen LogP contribution is -2.40. The Morgan fingerprint density at radius 2 is 1.83 bits per heavy atom. The number of ether oxygens (including phenoxy) is 1. The van der Waals surface area contributed by atoms with E-state index >= 15 is 0 Å². The zero-order chi connectivity index (χ0) is 21.3. The second kappa shape index (κ2) is 10.9. The van der Waals surface area contributed by atoms with E-state index in [0.29, 0.717) is 19.6 Å². The highest BCUT2D eigenvalue weighted by atomic mass is 32.2. The lowest BCUT2D eigenvalue weighted by molar-refractivity contribution is -0.121. The Balaban J connectivity index is 1.81. The number of hydrogen-bond acceptors (Lipinski definition) is 4. The minimum atomic E-state index is -3.66. The molecule has 2 rings (SSSR count). The highest BCUT2D eigenvalue weighted by molar-refractivity contribution is 7.88. The van der Waals surface area contributed by atoms with Crippen molar-refractivity contribution >= 4 is 15.9 Å². The fraction of sp³-hybridized carbons (Fsp3) is 0.381. The van der Waals surface area contributed by atoms with Crippen LogP contribution < -0.4 is 10.1 Å². The predicted octanol–water partition coefficient (Wildman–Crippen LogP) is 2.74. The standard InChI is InChI=1S/C21H27FN2O4S/c1-3-28-19-12-10-17(11-13-19)7-6-14-23-21(25)16-24(29(2,26)27)15-18-8-4-5-9-20(18)22/h4-5,8-13H,3,6-7,14-16H2,1-2H3,(H,23,25). The van der Waals surface area contributed by atoms with Crippen LogP contribution in [-0.4, -0.2) is 44.6 Å². The zero-order valence-corrected chi connectivity index (χ0v) is 17.5. The van der Waals surface area contributed by atoms with Crippen LogP contribution in [0.4, 0.5) is 4.39 Å². The van der Waals surface area contributed by atoms with E-state index in [4.69, 9.17) is 4.74 Å². The maximum atomic E-state index is 13.8. The molecule has 0 radical (unpaired) electrons. The minimum Gasteiger partial charge on any atom is -0.494 e. The van der Waals surface area contributed by atoms with Gasteiger partial charge in [0.25, 0.3) is 0 Å². The van der Waals surface area contributed by atoms with Crippen molar-refractivity contribution in [3.63, 3.8) is 0 Å². The van der Waals surface area contributed by atoms with Crippen molar-refractivity contribution in [1.82, 2.24) is 9.62 Å². The highest BCUT2D eigenvalue weighted by Crippen LogP contribution is 2.14. The van der Waals surface area contributed by atoms with Crippen molar-refractivity contribution in [3.8, 4) is 5.75 Å². The van der Waals surface area contributed by atoms with Crippen LogP contribution in [0.2, 0.25) is 0 Å². The number of aryl methyl sites for hydroxylation is 1. The third-order valence-electron chi connectivity index (χ3n) is 4.29. The first kappa shape index (κ1) is 22.8. The average Bonchev–Trinajstić information content (AvgIpc) is 2.67. The van der Waals surface area contributed by atoms with Crippen molar-refractivity contribution in [2.45, 2.75) is 26.3 Å². The summed E-state index contributed by atoms with van der Waals surface area (Å²) in [7, 11) is -3.66. The number of halogens is 1. The van der Waals surface area contributed by atoms with E-state index in [2.05, 4.69) is 5.32 Å². The van der Waals surface area contributed by atoms with Gasteiger partial charge in [-0.2, -0.15) is 4.31 Å². The van der Waals surface area contributed by atoms with E-state index in [9.17, 15) is 17.6 Å². The summed E-state index contributed by atoms with van der Waals surface area (Å²) in [5, 5.41) is 2.72. The first-order valence-electron chi connectivity index (χ1n) is 9.46. The largest absolute Gasteiger partial charge is 0.494 e. The molecule has 0 saturated heterocycles. The molecule has 1 N–H and O–H groups in total. The molecule has 0 heterocycles. The molecular formula is C21H27FN2O4S. The second-order valence-electron chi connectivity index (χ2n) is 6.65. The van der Waals surface area contributed by atoms with Gasteiger partial charge in [-0.15, -0.1) is 0 Å². The van der Waals surface area contributed by atoms with Gasteiger partial charge in [0.2, 0.25) is 15.9 Å². The SMILES string of the molecule is CCOc1ccc(CCCNC(=O)CN(Cc2ccccc2F)S(C)(=O)=O)cc1. The number of hydrogen-bond donors (Lipinski definition) is 1. The number of sulfonamides is 1. The molecule has 0 saturated carbocycles. The van der Waals surface area contributed by atoms with Crippen LogP contribution in [0.3, 0.4) is 0 Å². The molecule has 0 spiro atoms. The van der Waals surface area contributed by atoms with Crippen LogP contribution >= 0.6 is 0 Å². The Labute approximate surface area is 171 Å². The van der Waals surface area contributed by atoms with E-state index < -0.39 is 21.7 Å². The molecule has 8 heteroatoms. The van der Waals surface area contributed by atoms with E-state index in [-0.39, 0.29) is 18.7 Å². The molecule has 0 bridgehead atoms. The van der Waals surface area contributed by atoms with Crippen LogP contribution in [0.25, 0.3) is 0 Å². The zero-order valence-electron chi connectivity index (χ0n) is 16.7. The number of benzene rings is 2. The van der Waals surface area contributed by atoms with E-state index in [1.807, 2.05) is 31.2 Å². The Morgan fingerprint density at radius 3 is 2.45 bits per heavy atom. The fourth-order valence-electron chi connectivity index (χ4n) is 2.76. The van der Waals surface area contributed by atoms with E-state index in [1.54, 1.807) is 6.07 Å². The van der Waals surface area contributed by atoms with Crippen LogP contribution in [0.5, 0.6) is 5.75 Å². The molecule has 0 fully saturated rings. The van der Waals surface area contributed by atoms with Gasteiger partial charge < -0.3 is 10.1 Å². The first-order chi connectivity index (χ1) is 13.8. The van der Waals surface area contributed by atoms with Crippen LogP contribution in [0, 0.1) is 5.82 Å². The average molecular weight is 423 g/mol. The quantitative estimate of drug-likeness (QED) is 0.565. The van der Waals surface area contributed by atoms with Crippen molar-refractivity contribution in [1.29, 1.82) is 0 Å². The van der Waals surface area contributed by atoms with E-state index in [1.165, 1.54) is 18.2 Å². The summed E-state index contributed by atoms with van der Waals surface area (Å²) in [6.45, 7) is 2.43. The summed E-state index contributed by atoms with van der Waals surface area (Å²) in [6, 6.07) is 13.7. The molecule has 0 atom stereocenters. The fourth-order valence-corrected chi connectivity index (χ4v) is 3.49. The summed E-state index contributed by atoms with van der Waals surface area (Å²) < 4.78 is 44.2. The lowest BCUT2D eigenvalue weighted by atomic mass is 10.1.